The standard InChI is InChI=1S/C22H18N2O3/c1-23-17-10-11-18(24-13-6-5-7-14(12-13)27-2)20-19(17)21(25)15-8-3-4-9-16(15)22(20)26/h3-12,23-24H,1-2H3. The minimum Gasteiger partial charge on any atom is -0.497 e. The smallest absolute Gasteiger partial charge is 0.196 e. The summed E-state index contributed by atoms with van der Waals surface area (Å²) in [6.07, 6.45) is 0. The molecular formula is C22H18N2O3. The van der Waals surface area contributed by atoms with Crippen molar-refractivity contribution in [3.63, 3.8) is 0 Å². The minimum absolute atomic E-state index is 0.154. The maximum atomic E-state index is 13.2. The van der Waals surface area contributed by atoms with Crippen LogP contribution in [0.4, 0.5) is 17.1 Å². The van der Waals surface area contributed by atoms with Gasteiger partial charge >= 0.3 is 0 Å². The van der Waals surface area contributed by atoms with Crippen LogP contribution in [0.5, 0.6) is 5.75 Å². The highest BCUT2D eigenvalue weighted by Crippen LogP contribution is 2.37. The maximum Gasteiger partial charge on any atom is 0.196 e. The molecule has 27 heavy (non-hydrogen) atoms. The fourth-order valence-corrected chi connectivity index (χ4v) is 3.39. The SMILES string of the molecule is CNc1ccc(Nc2cccc(OC)c2)c2c1C(=O)c1ccccc1C2=O. The number of fused-ring (bicyclic) bond motifs is 2. The van der Waals surface area contributed by atoms with E-state index in [2.05, 4.69) is 10.6 Å². The molecule has 0 atom stereocenters. The predicted molar refractivity (Wildman–Crippen MR) is 106 cm³/mol. The van der Waals surface area contributed by atoms with Crippen molar-refractivity contribution in [1.82, 2.24) is 0 Å². The summed E-state index contributed by atoms with van der Waals surface area (Å²) in [6, 6.07) is 18.0. The summed E-state index contributed by atoms with van der Waals surface area (Å²) in [4.78, 5) is 26.3. The molecule has 0 spiro atoms. The van der Waals surface area contributed by atoms with Crippen molar-refractivity contribution >= 4 is 28.6 Å². The predicted octanol–water partition coefficient (Wildman–Crippen LogP) is 4.26. The van der Waals surface area contributed by atoms with Crippen LogP contribution in [0.25, 0.3) is 0 Å². The number of rotatable bonds is 4. The highest BCUT2D eigenvalue weighted by atomic mass is 16.5. The van der Waals surface area contributed by atoms with Gasteiger partial charge in [0.15, 0.2) is 11.6 Å². The summed E-state index contributed by atoms with van der Waals surface area (Å²) < 4.78 is 5.26. The van der Waals surface area contributed by atoms with Gasteiger partial charge in [-0.25, -0.2) is 0 Å². The van der Waals surface area contributed by atoms with E-state index in [0.29, 0.717) is 39.4 Å². The number of ether oxygens (including phenoxy) is 1. The molecule has 4 rings (SSSR count). The molecular weight excluding hydrogens is 340 g/mol. The van der Waals surface area contributed by atoms with Crippen LogP contribution < -0.4 is 15.4 Å². The Morgan fingerprint density at radius 3 is 2.04 bits per heavy atom. The average Bonchev–Trinajstić information content (AvgIpc) is 2.72. The average molecular weight is 358 g/mol. The number of hydrogen-bond donors (Lipinski definition) is 2. The molecule has 2 N–H and O–H groups in total. The molecule has 3 aromatic rings. The van der Waals surface area contributed by atoms with Crippen LogP contribution in [-0.2, 0) is 0 Å². The van der Waals surface area contributed by atoms with E-state index in [-0.39, 0.29) is 11.6 Å². The Balaban J connectivity index is 1.88. The van der Waals surface area contributed by atoms with Crippen LogP contribution in [-0.4, -0.2) is 25.7 Å². The number of carbonyl (C=O) groups excluding carboxylic acids is 2. The lowest BCUT2D eigenvalue weighted by atomic mass is 9.82. The third kappa shape index (κ3) is 2.73. The van der Waals surface area contributed by atoms with Gasteiger partial charge in [-0.2, -0.15) is 0 Å². The number of anilines is 3. The van der Waals surface area contributed by atoms with Crippen LogP contribution in [0, 0.1) is 0 Å². The first kappa shape index (κ1) is 16.8. The van der Waals surface area contributed by atoms with E-state index in [1.54, 1.807) is 44.5 Å². The van der Waals surface area contributed by atoms with Crippen molar-refractivity contribution in [2.45, 2.75) is 0 Å². The molecule has 1 aliphatic rings. The number of carbonyl (C=O) groups is 2. The fourth-order valence-electron chi connectivity index (χ4n) is 3.39. The summed E-state index contributed by atoms with van der Waals surface area (Å²) in [6.45, 7) is 0. The molecule has 0 aromatic heterocycles. The van der Waals surface area contributed by atoms with Gasteiger partial charge in [0.05, 0.1) is 23.9 Å². The second-order valence-electron chi connectivity index (χ2n) is 6.22. The molecule has 0 radical (unpaired) electrons. The lowest BCUT2D eigenvalue weighted by Crippen LogP contribution is -2.23. The second kappa shape index (κ2) is 6.61. The Labute approximate surface area is 157 Å². The zero-order chi connectivity index (χ0) is 19.0. The van der Waals surface area contributed by atoms with Crippen molar-refractivity contribution in [2.24, 2.45) is 0 Å². The van der Waals surface area contributed by atoms with Gasteiger partial charge in [0, 0.05) is 35.6 Å². The van der Waals surface area contributed by atoms with Crippen molar-refractivity contribution in [1.29, 1.82) is 0 Å². The maximum absolute atomic E-state index is 13.2. The third-order valence-corrected chi connectivity index (χ3v) is 4.69. The van der Waals surface area contributed by atoms with Gasteiger partial charge in [-0.15, -0.1) is 0 Å². The fraction of sp³-hybridized carbons (Fsp3) is 0.0909. The summed E-state index contributed by atoms with van der Waals surface area (Å²) in [7, 11) is 3.34. The van der Waals surface area contributed by atoms with Crippen LogP contribution in [0.3, 0.4) is 0 Å². The van der Waals surface area contributed by atoms with Crippen molar-refractivity contribution in [3.8, 4) is 5.75 Å². The number of methoxy groups -OCH3 is 1. The van der Waals surface area contributed by atoms with Crippen molar-refractivity contribution in [2.75, 3.05) is 24.8 Å². The highest BCUT2D eigenvalue weighted by molar-refractivity contribution is 6.32. The number of benzene rings is 3. The molecule has 134 valence electrons. The minimum atomic E-state index is -0.164. The zero-order valence-electron chi connectivity index (χ0n) is 15.0. The lowest BCUT2D eigenvalue weighted by molar-refractivity contribution is 0.0980. The van der Waals surface area contributed by atoms with Crippen LogP contribution in [0.15, 0.2) is 60.7 Å². The van der Waals surface area contributed by atoms with Gasteiger partial charge in [-0.1, -0.05) is 30.3 Å². The lowest BCUT2D eigenvalue weighted by Gasteiger charge is -2.23. The molecule has 0 heterocycles. The van der Waals surface area contributed by atoms with E-state index in [9.17, 15) is 9.59 Å². The van der Waals surface area contributed by atoms with Gasteiger partial charge in [0.2, 0.25) is 0 Å². The van der Waals surface area contributed by atoms with Crippen LogP contribution in [0.1, 0.15) is 31.8 Å². The first-order valence-electron chi connectivity index (χ1n) is 8.58. The van der Waals surface area contributed by atoms with E-state index in [4.69, 9.17) is 4.74 Å². The number of hydrogen-bond acceptors (Lipinski definition) is 5. The van der Waals surface area contributed by atoms with Gasteiger partial charge in [0.25, 0.3) is 0 Å². The van der Waals surface area contributed by atoms with Gasteiger partial charge in [-0.3, -0.25) is 9.59 Å². The molecule has 5 heteroatoms. The first-order valence-corrected chi connectivity index (χ1v) is 8.58. The molecule has 5 nitrogen and oxygen atoms in total. The summed E-state index contributed by atoms with van der Waals surface area (Å²) in [5.41, 5.74) is 3.64. The van der Waals surface area contributed by atoms with Gasteiger partial charge in [-0.05, 0) is 24.3 Å². The van der Waals surface area contributed by atoms with Crippen LogP contribution >= 0.6 is 0 Å². The molecule has 1 aliphatic carbocycles. The summed E-state index contributed by atoms with van der Waals surface area (Å²) >= 11 is 0. The second-order valence-corrected chi connectivity index (χ2v) is 6.22. The van der Waals surface area contributed by atoms with Crippen LogP contribution in [0.2, 0.25) is 0 Å². The quantitative estimate of drug-likeness (QED) is 0.571. The largest absolute Gasteiger partial charge is 0.497 e. The van der Waals surface area contributed by atoms with E-state index >= 15 is 0 Å². The molecule has 0 saturated heterocycles. The zero-order valence-corrected chi connectivity index (χ0v) is 15.0. The molecule has 0 bridgehead atoms. The first-order chi connectivity index (χ1) is 13.1. The molecule has 0 aliphatic heterocycles. The van der Waals surface area contributed by atoms with Crippen molar-refractivity contribution < 1.29 is 14.3 Å². The summed E-state index contributed by atoms with van der Waals surface area (Å²) in [5, 5.41) is 6.28. The topological polar surface area (TPSA) is 67.4 Å². The third-order valence-electron chi connectivity index (χ3n) is 4.69. The van der Waals surface area contributed by atoms with Crippen molar-refractivity contribution in [3.05, 3.63) is 82.9 Å². The Hall–Kier alpha value is -3.60. The normalized spacial score (nSPS) is 12.2. The van der Waals surface area contributed by atoms with E-state index in [0.717, 1.165) is 5.69 Å². The number of ketones is 2. The highest BCUT2D eigenvalue weighted by Gasteiger charge is 2.33. The monoisotopic (exact) mass is 358 g/mol. The molecule has 3 aromatic carbocycles. The molecule has 0 fully saturated rings. The Morgan fingerprint density at radius 1 is 0.778 bits per heavy atom. The van der Waals surface area contributed by atoms with E-state index in [1.807, 2.05) is 30.3 Å². The Morgan fingerprint density at radius 2 is 1.41 bits per heavy atom. The Bertz CT molecular complexity index is 1070. The molecule has 0 saturated carbocycles. The van der Waals surface area contributed by atoms with Gasteiger partial charge in [0.1, 0.15) is 5.75 Å². The van der Waals surface area contributed by atoms with E-state index < -0.39 is 0 Å². The number of nitrogens with one attached hydrogen (secondary N) is 2. The Kier molecular flexibility index (Phi) is 4.12. The summed E-state index contributed by atoms with van der Waals surface area (Å²) in [5.74, 6) is 0.384. The molecule has 0 amide bonds. The molecule has 0 unspecified atom stereocenters. The van der Waals surface area contributed by atoms with E-state index in [1.165, 1.54) is 0 Å². The van der Waals surface area contributed by atoms with Gasteiger partial charge < -0.3 is 15.4 Å².